The number of amides is 1. The van der Waals surface area contributed by atoms with E-state index in [1.165, 1.54) is 10.9 Å². The number of aliphatic hydroxyl groups is 1. The minimum atomic E-state index is -3.86. The third-order valence-electron chi connectivity index (χ3n) is 4.41. The van der Waals surface area contributed by atoms with Gasteiger partial charge in [0.15, 0.2) is 0 Å². The molecule has 1 aromatic heterocycles. The number of alkyl carbamates (subject to hydrolysis) is 1. The van der Waals surface area contributed by atoms with Gasteiger partial charge in [-0.2, -0.15) is 0 Å². The highest BCUT2D eigenvalue weighted by atomic mass is 31.2. The molecule has 1 aromatic carbocycles. The van der Waals surface area contributed by atoms with Crippen molar-refractivity contribution in [2.45, 2.75) is 52.7 Å². The minimum Gasteiger partial charge on any atom is -0.464 e. The highest BCUT2D eigenvalue weighted by molar-refractivity contribution is 7.63. The lowest BCUT2D eigenvalue weighted by Crippen LogP contribution is -2.43. The average Bonchev–Trinajstić information content (AvgIpc) is 3.09. The quantitative estimate of drug-likeness (QED) is 0.512. The summed E-state index contributed by atoms with van der Waals surface area (Å²) in [7, 11) is -3.86. The lowest BCUT2D eigenvalue weighted by molar-refractivity contribution is 0.0477. The molecular formula is C21H33N2O6P. The lowest BCUT2D eigenvalue weighted by Gasteiger charge is -2.30. The number of nitrogens with one attached hydrogen (secondary N) is 1. The van der Waals surface area contributed by atoms with Crippen LogP contribution in [0.5, 0.6) is 0 Å². The van der Waals surface area contributed by atoms with Crippen LogP contribution in [0.4, 0.5) is 4.79 Å². The number of hydrogen-bond donors (Lipinski definition) is 3. The first-order chi connectivity index (χ1) is 13.9. The van der Waals surface area contributed by atoms with E-state index in [2.05, 4.69) is 5.32 Å². The Kier molecular flexibility index (Phi) is 8.11. The number of hydrogen-bond acceptors (Lipinski definition) is 5. The second-order valence-corrected chi connectivity index (χ2v) is 11.0. The Bertz CT molecular complexity index is 889. The predicted molar refractivity (Wildman–Crippen MR) is 117 cm³/mol. The fourth-order valence-corrected chi connectivity index (χ4v) is 4.88. The fourth-order valence-electron chi connectivity index (χ4n) is 3.05. The van der Waals surface area contributed by atoms with Crippen LogP contribution < -0.4 is 10.6 Å². The van der Waals surface area contributed by atoms with Gasteiger partial charge < -0.3 is 24.5 Å². The zero-order valence-electron chi connectivity index (χ0n) is 18.3. The molecule has 0 saturated heterocycles. The first kappa shape index (κ1) is 24.4. The summed E-state index contributed by atoms with van der Waals surface area (Å²) in [5, 5.41) is 13.3. The first-order valence-corrected chi connectivity index (χ1v) is 11.7. The van der Waals surface area contributed by atoms with E-state index in [1.807, 2.05) is 13.8 Å². The molecule has 0 saturated carbocycles. The molecule has 0 fully saturated rings. The van der Waals surface area contributed by atoms with Gasteiger partial charge in [-0.3, -0.25) is 4.57 Å². The third kappa shape index (κ3) is 6.84. The molecule has 2 unspecified atom stereocenters. The molecule has 8 nitrogen and oxygen atoms in total. The van der Waals surface area contributed by atoms with Gasteiger partial charge in [-0.05, 0) is 57.4 Å². The van der Waals surface area contributed by atoms with Gasteiger partial charge in [0.2, 0.25) is 0 Å². The molecule has 1 heterocycles. The summed E-state index contributed by atoms with van der Waals surface area (Å²) in [6, 6.07) is 6.10. The van der Waals surface area contributed by atoms with Crippen LogP contribution in [0.25, 0.3) is 11.0 Å². The van der Waals surface area contributed by atoms with Crippen LogP contribution >= 0.6 is 7.52 Å². The van der Waals surface area contributed by atoms with Crippen LogP contribution in [0, 0.1) is 5.92 Å². The van der Waals surface area contributed by atoms with Crippen molar-refractivity contribution in [2.75, 3.05) is 19.7 Å². The number of ether oxygens (including phenoxy) is 1. The summed E-state index contributed by atoms with van der Waals surface area (Å²) in [6.45, 7) is 9.50. The SMILES string of the molecule is CC(C)CN(CCC(CO)NC(=O)OC(C)(C)C)P(=O)(O)c1ccc2occc2c1. The average molecular weight is 440 g/mol. The summed E-state index contributed by atoms with van der Waals surface area (Å²) >= 11 is 0. The molecule has 0 aliphatic carbocycles. The van der Waals surface area contributed by atoms with Crippen molar-refractivity contribution in [3.8, 4) is 0 Å². The van der Waals surface area contributed by atoms with E-state index in [4.69, 9.17) is 9.15 Å². The Labute approximate surface area is 177 Å². The van der Waals surface area contributed by atoms with Gasteiger partial charge in [0.05, 0.1) is 24.2 Å². The molecule has 0 radical (unpaired) electrons. The number of benzene rings is 1. The summed E-state index contributed by atoms with van der Waals surface area (Å²) < 4.78 is 25.5. The number of aliphatic hydroxyl groups excluding tert-OH is 1. The van der Waals surface area contributed by atoms with Crippen LogP contribution in [0.15, 0.2) is 34.9 Å². The van der Waals surface area contributed by atoms with E-state index in [0.717, 1.165) is 5.39 Å². The number of carbonyl (C=O) groups excluding carboxylic acids is 1. The molecule has 2 rings (SSSR count). The third-order valence-corrected chi connectivity index (χ3v) is 6.49. The van der Waals surface area contributed by atoms with Gasteiger partial charge in [-0.15, -0.1) is 0 Å². The standard InChI is InChI=1S/C21H33N2O6P/c1-15(2)13-23(10-8-17(14-24)22-20(25)29-21(3,4)5)30(26,27)18-6-7-19-16(12-18)9-11-28-19/h6-7,9,11-12,15,17,24H,8,10,13-14H2,1-5H3,(H,22,25)(H,26,27). The monoisotopic (exact) mass is 440 g/mol. The molecule has 0 aliphatic heterocycles. The van der Waals surface area contributed by atoms with Crippen molar-refractivity contribution in [3.63, 3.8) is 0 Å². The molecular weight excluding hydrogens is 407 g/mol. The van der Waals surface area contributed by atoms with Gasteiger partial charge in [0.25, 0.3) is 7.52 Å². The smallest absolute Gasteiger partial charge is 0.407 e. The van der Waals surface area contributed by atoms with Crippen molar-refractivity contribution in [1.29, 1.82) is 0 Å². The number of fused-ring (bicyclic) bond motifs is 1. The van der Waals surface area contributed by atoms with Gasteiger partial charge in [0.1, 0.15) is 11.2 Å². The zero-order valence-corrected chi connectivity index (χ0v) is 19.2. The Morgan fingerprint density at radius 1 is 1.30 bits per heavy atom. The number of furan rings is 1. The van der Waals surface area contributed by atoms with E-state index < -0.39 is 25.3 Å². The Balaban J connectivity index is 2.13. The van der Waals surface area contributed by atoms with Crippen LogP contribution in [0.1, 0.15) is 41.0 Å². The number of nitrogens with zero attached hydrogens (tertiary/aromatic N) is 1. The number of rotatable bonds is 9. The molecule has 1 amide bonds. The molecule has 2 aromatic rings. The van der Waals surface area contributed by atoms with Crippen LogP contribution in [-0.4, -0.2) is 52.1 Å². The summed E-state index contributed by atoms with van der Waals surface area (Å²) in [6.07, 6.45) is 1.20. The molecule has 30 heavy (non-hydrogen) atoms. The summed E-state index contributed by atoms with van der Waals surface area (Å²) in [5.41, 5.74) is -0.00335. The molecule has 0 spiro atoms. The van der Waals surface area contributed by atoms with E-state index in [1.54, 1.807) is 45.0 Å². The fraction of sp³-hybridized carbons (Fsp3) is 0.571. The molecule has 3 N–H and O–H groups in total. The van der Waals surface area contributed by atoms with Crippen LogP contribution in [-0.2, 0) is 9.30 Å². The second-order valence-electron chi connectivity index (χ2n) is 8.81. The molecule has 0 bridgehead atoms. The first-order valence-electron chi connectivity index (χ1n) is 10.1. The Morgan fingerprint density at radius 3 is 2.60 bits per heavy atom. The molecule has 0 aliphatic rings. The zero-order chi connectivity index (χ0) is 22.5. The van der Waals surface area contributed by atoms with Crippen molar-refractivity contribution >= 4 is 29.9 Å². The van der Waals surface area contributed by atoms with E-state index in [0.29, 0.717) is 23.9 Å². The maximum Gasteiger partial charge on any atom is 0.407 e. The minimum absolute atomic E-state index is 0.148. The van der Waals surface area contributed by atoms with Crippen LogP contribution in [0.2, 0.25) is 0 Å². The van der Waals surface area contributed by atoms with Gasteiger partial charge in [0, 0.05) is 18.5 Å². The second kappa shape index (κ2) is 9.96. The van der Waals surface area contributed by atoms with E-state index in [-0.39, 0.29) is 19.1 Å². The van der Waals surface area contributed by atoms with Crippen molar-refractivity contribution in [2.24, 2.45) is 5.92 Å². The highest BCUT2D eigenvalue weighted by Crippen LogP contribution is 2.45. The Morgan fingerprint density at radius 2 is 2.00 bits per heavy atom. The summed E-state index contributed by atoms with van der Waals surface area (Å²) in [4.78, 5) is 23.0. The van der Waals surface area contributed by atoms with Gasteiger partial charge in [-0.1, -0.05) is 13.8 Å². The maximum absolute atomic E-state index is 13.4. The normalized spacial score (nSPS) is 15.4. The van der Waals surface area contributed by atoms with Gasteiger partial charge in [-0.25, -0.2) is 9.46 Å². The lowest BCUT2D eigenvalue weighted by atomic mass is 10.2. The maximum atomic E-state index is 13.4. The Hall–Kier alpha value is -1.86. The highest BCUT2D eigenvalue weighted by Gasteiger charge is 2.32. The van der Waals surface area contributed by atoms with E-state index >= 15 is 0 Å². The number of carbonyl (C=O) groups is 1. The molecule has 2 atom stereocenters. The van der Waals surface area contributed by atoms with Gasteiger partial charge >= 0.3 is 6.09 Å². The largest absolute Gasteiger partial charge is 0.464 e. The molecule has 9 heteroatoms. The predicted octanol–water partition coefficient (Wildman–Crippen LogP) is 3.48. The van der Waals surface area contributed by atoms with E-state index in [9.17, 15) is 19.4 Å². The topological polar surface area (TPSA) is 112 Å². The van der Waals surface area contributed by atoms with Crippen LogP contribution in [0.3, 0.4) is 0 Å². The summed E-state index contributed by atoms with van der Waals surface area (Å²) in [5.74, 6) is 0.148. The van der Waals surface area contributed by atoms with Crippen molar-refractivity contribution in [3.05, 3.63) is 30.5 Å². The van der Waals surface area contributed by atoms with Crippen molar-refractivity contribution < 1.29 is 28.5 Å². The molecule has 168 valence electrons. The van der Waals surface area contributed by atoms with Crippen molar-refractivity contribution in [1.82, 2.24) is 9.99 Å².